The number of rotatable bonds is 5. The van der Waals surface area contributed by atoms with Gasteiger partial charge >= 0.3 is 5.97 Å². The number of carbonyl (C=O) groups is 1. The van der Waals surface area contributed by atoms with E-state index in [1.807, 2.05) is 19.1 Å². The van der Waals surface area contributed by atoms with E-state index >= 15 is 0 Å². The lowest BCUT2D eigenvalue weighted by molar-refractivity contribution is 0.0562. The van der Waals surface area contributed by atoms with Gasteiger partial charge in [-0.3, -0.25) is 0 Å². The highest BCUT2D eigenvalue weighted by Crippen LogP contribution is 2.17. The average molecular weight is 284 g/mol. The highest BCUT2D eigenvalue weighted by Gasteiger charge is 2.14. The van der Waals surface area contributed by atoms with E-state index in [1.54, 1.807) is 24.3 Å². The van der Waals surface area contributed by atoms with Gasteiger partial charge in [-0.15, -0.1) is 0 Å². The van der Waals surface area contributed by atoms with Crippen LogP contribution in [0.4, 0.5) is 0 Å². The van der Waals surface area contributed by atoms with Crippen LogP contribution in [-0.4, -0.2) is 13.1 Å². The third kappa shape index (κ3) is 3.71. The molecule has 0 radical (unpaired) electrons. The Morgan fingerprint density at radius 3 is 2.67 bits per heavy atom. The van der Waals surface area contributed by atoms with Crippen molar-refractivity contribution >= 4 is 5.97 Å². The van der Waals surface area contributed by atoms with Crippen LogP contribution >= 0.6 is 0 Å². The van der Waals surface area contributed by atoms with Crippen LogP contribution in [-0.2, 0) is 11.3 Å². The molecule has 21 heavy (non-hydrogen) atoms. The molecule has 1 unspecified atom stereocenters. The van der Waals surface area contributed by atoms with Gasteiger partial charge in [-0.1, -0.05) is 12.1 Å². The first-order valence-electron chi connectivity index (χ1n) is 6.54. The lowest BCUT2D eigenvalue weighted by atomic mass is 10.1. The monoisotopic (exact) mass is 284 g/mol. The first-order valence-corrected chi connectivity index (χ1v) is 6.54. The maximum atomic E-state index is 11.3. The Morgan fingerprint density at radius 1 is 1.33 bits per heavy atom. The van der Waals surface area contributed by atoms with Crippen molar-refractivity contribution in [3.05, 3.63) is 59.0 Å². The van der Waals surface area contributed by atoms with Crippen LogP contribution in [0.1, 0.15) is 40.4 Å². The van der Waals surface area contributed by atoms with Crippen molar-refractivity contribution in [2.24, 2.45) is 0 Å². The number of methoxy groups -OCH3 is 1. The molecule has 2 rings (SSSR count). The van der Waals surface area contributed by atoms with Crippen molar-refractivity contribution in [3.63, 3.8) is 0 Å². The summed E-state index contributed by atoms with van der Waals surface area (Å²) >= 11 is 0. The molecule has 0 saturated carbocycles. The Balaban J connectivity index is 1.94. The maximum absolute atomic E-state index is 11.3. The van der Waals surface area contributed by atoms with Crippen molar-refractivity contribution in [2.75, 3.05) is 7.11 Å². The van der Waals surface area contributed by atoms with Gasteiger partial charge in [-0.05, 0) is 36.8 Å². The van der Waals surface area contributed by atoms with E-state index in [0.29, 0.717) is 17.9 Å². The third-order valence-corrected chi connectivity index (χ3v) is 3.14. The number of hydrogen-bond donors (Lipinski definition) is 1. The summed E-state index contributed by atoms with van der Waals surface area (Å²) in [5.41, 5.74) is 1.71. The maximum Gasteiger partial charge on any atom is 0.373 e. The molecule has 0 fully saturated rings. The zero-order chi connectivity index (χ0) is 15.2. The lowest BCUT2D eigenvalue weighted by Gasteiger charge is -2.11. The minimum absolute atomic E-state index is 0.0425. The molecular weight excluding hydrogens is 268 g/mol. The summed E-state index contributed by atoms with van der Waals surface area (Å²) in [5, 5.41) is 12.0. The molecule has 5 nitrogen and oxygen atoms in total. The van der Waals surface area contributed by atoms with Crippen LogP contribution < -0.4 is 5.32 Å². The molecule has 0 amide bonds. The molecule has 5 heteroatoms. The van der Waals surface area contributed by atoms with Gasteiger partial charge in [0.1, 0.15) is 5.76 Å². The number of benzene rings is 1. The molecule has 108 valence electrons. The van der Waals surface area contributed by atoms with Gasteiger partial charge in [0.25, 0.3) is 0 Å². The first-order chi connectivity index (χ1) is 10.1. The molecule has 1 N–H and O–H groups in total. The number of esters is 1. The minimum atomic E-state index is -0.486. The molecule has 1 atom stereocenters. The summed E-state index contributed by atoms with van der Waals surface area (Å²) in [6, 6.07) is 12.8. The Hall–Kier alpha value is -2.58. The number of nitrogens with zero attached hydrogens (tertiary/aromatic N) is 1. The molecule has 1 aromatic heterocycles. The van der Waals surface area contributed by atoms with Gasteiger partial charge in [0.15, 0.2) is 0 Å². The number of furan rings is 1. The number of nitriles is 1. The molecule has 0 aliphatic carbocycles. The van der Waals surface area contributed by atoms with Gasteiger partial charge in [0.2, 0.25) is 5.76 Å². The normalized spacial score (nSPS) is 11.7. The third-order valence-electron chi connectivity index (χ3n) is 3.14. The van der Waals surface area contributed by atoms with Crippen LogP contribution in [0.15, 0.2) is 40.8 Å². The first kappa shape index (κ1) is 14.8. The Kier molecular flexibility index (Phi) is 4.75. The van der Waals surface area contributed by atoms with Crippen molar-refractivity contribution < 1.29 is 13.9 Å². The molecule has 2 aromatic rings. The Morgan fingerprint density at radius 2 is 2.05 bits per heavy atom. The highest BCUT2D eigenvalue weighted by molar-refractivity contribution is 5.86. The summed E-state index contributed by atoms with van der Waals surface area (Å²) in [7, 11) is 1.32. The smallest absolute Gasteiger partial charge is 0.373 e. The zero-order valence-electron chi connectivity index (χ0n) is 11.9. The van der Waals surface area contributed by atoms with Gasteiger partial charge in [0, 0.05) is 6.54 Å². The van der Waals surface area contributed by atoms with Gasteiger partial charge in [-0.25, -0.2) is 4.79 Å². The molecule has 0 bridgehead atoms. The van der Waals surface area contributed by atoms with E-state index < -0.39 is 5.97 Å². The highest BCUT2D eigenvalue weighted by atomic mass is 16.5. The topological polar surface area (TPSA) is 75.3 Å². The van der Waals surface area contributed by atoms with Crippen LogP contribution in [0.2, 0.25) is 0 Å². The fourth-order valence-electron chi connectivity index (χ4n) is 1.86. The fourth-order valence-corrected chi connectivity index (χ4v) is 1.86. The summed E-state index contributed by atoms with van der Waals surface area (Å²) in [6.45, 7) is 2.59. The number of ether oxygens (including phenoxy) is 1. The van der Waals surface area contributed by atoms with Crippen LogP contribution in [0.25, 0.3) is 0 Å². The van der Waals surface area contributed by atoms with Crippen molar-refractivity contribution in [2.45, 2.75) is 19.5 Å². The van der Waals surface area contributed by atoms with Crippen LogP contribution in [0.3, 0.4) is 0 Å². The van der Waals surface area contributed by atoms with E-state index in [4.69, 9.17) is 9.68 Å². The summed E-state index contributed by atoms with van der Waals surface area (Å²) in [4.78, 5) is 11.3. The predicted octanol–water partition coefficient (Wildman–Crippen LogP) is 2.79. The summed E-state index contributed by atoms with van der Waals surface area (Å²) in [5.74, 6) is 0.379. The molecule has 0 aliphatic rings. The van der Waals surface area contributed by atoms with E-state index in [0.717, 1.165) is 5.56 Å². The van der Waals surface area contributed by atoms with Gasteiger partial charge < -0.3 is 14.5 Å². The number of carbonyl (C=O) groups excluding carboxylic acids is 1. The van der Waals surface area contributed by atoms with Crippen molar-refractivity contribution in [1.29, 1.82) is 5.26 Å². The van der Waals surface area contributed by atoms with E-state index in [1.165, 1.54) is 7.11 Å². The average Bonchev–Trinajstić information content (AvgIpc) is 3.02. The Labute approximate surface area is 123 Å². The summed E-state index contributed by atoms with van der Waals surface area (Å²) in [6.07, 6.45) is 0. The SMILES string of the molecule is COC(=O)c1ccc(C(C)NCc2ccc(C#N)cc2)o1. The minimum Gasteiger partial charge on any atom is -0.463 e. The molecule has 0 aliphatic heterocycles. The zero-order valence-corrected chi connectivity index (χ0v) is 11.9. The fraction of sp³-hybridized carbons (Fsp3) is 0.250. The molecule has 1 heterocycles. The Bertz CT molecular complexity index is 653. The lowest BCUT2D eigenvalue weighted by Crippen LogP contribution is -2.17. The second kappa shape index (κ2) is 6.73. The standard InChI is InChI=1S/C16H16N2O3/c1-11(14-7-8-15(21-14)16(19)20-2)18-10-13-5-3-12(9-17)4-6-13/h3-8,11,18H,10H2,1-2H3. The van der Waals surface area contributed by atoms with E-state index in [2.05, 4.69) is 16.1 Å². The van der Waals surface area contributed by atoms with Crippen molar-refractivity contribution in [1.82, 2.24) is 5.32 Å². The summed E-state index contributed by atoms with van der Waals surface area (Å²) < 4.78 is 10.0. The second-order valence-electron chi connectivity index (χ2n) is 4.60. The molecule has 0 saturated heterocycles. The molecule has 0 spiro atoms. The molecular formula is C16H16N2O3. The van der Waals surface area contributed by atoms with Crippen molar-refractivity contribution in [3.8, 4) is 6.07 Å². The van der Waals surface area contributed by atoms with E-state index in [-0.39, 0.29) is 11.8 Å². The largest absolute Gasteiger partial charge is 0.463 e. The van der Waals surface area contributed by atoms with Crippen LogP contribution in [0, 0.1) is 11.3 Å². The number of hydrogen-bond acceptors (Lipinski definition) is 5. The molecule has 1 aromatic carbocycles. The van der Waals surface area contributed by atoms with Crippen LogP contribution in [0.5, 0.6) is 0 Å². The second-order valence-corrected chi connectivity index (χ2v) is 4.60. The van der Waals surface area contributed by atoms with Gasteiger partial charge in [0.05, 0.1) is 24.8 Å². The van der Waals surface area contributed by atoms with E-state index in [9.17, 15) is 4.79 Å². The quantitative estimate of drug-likeness (QED) is 0.854. The van der Waals surface area contributed by atoms with Gasteiger partial charge in [-0.2, -0.15) is 5.26 Å². The number of nitrogens with one attached hydrogen (secondary N) is 1. The predicted molar refractivity (Wildman–Crippen MR) is 76.5 cm³/mol.